The first kappa shape index (κ1) is 29.6. The number of ether oxygens (including phenoxy) is 1. The molecule has 1 heterocycles. The average molecular weight is 705 g/mol. The first-order chi connectivity index (χ1) is 16.7. The van der Waals surface area contributed by atoms with Crippen LogP contribution in [0.25, 0.3) is 11.0 Å². The molecule has 190 valence electrons. The number of fused-ring (bicyclic) bond motifs is 1. The third-order valence-electron chi connectivity index (χ3n) is 5.46. The lowest BCUT2D eigenvalue weighted by Gasteiger charge is -2.19. The molecule has 0 saturated carbocycles. The van der Waals surface area contributed by atoms with E-state index in [0.29, 0.717) is 17.7 Å². The van der Waals surface area contributed by atoms with Crippen LogP contribution in [0.1, 0.15) is 62.2 Å². The summed E-state index contributed by atoms with van der Waals surface area (Å²) in [6.45, 7) is 11.1. The smallest absolute Gasteiger partial charge is 0.300 e. The van der Waals surface area contributed by atoms with Crippen molar-refractivity contribution in [2.75, 3.05) is 26.2 Å². The molecule has 0 spiro atoms. The van der Waals surface area contributed by atoms with Gasteiger partial charge in [-0.3, -0.25) is 9.59 Å². The molecule has 8 heteroatoms. The van der Waals surface area contributed by atoms with Gasteiger partial charge in [0.25, 0.3) is 5.97 Å². The topological polar surface area (TPSA) is 80.0 Å². The van der Waals surface area contributed by atoms with Crippen molar-refractivity contribution in [3.8, 4) is 5.75 Å². The minimum absolute atomic E-state index is 0.0153. The second kappa shape index (κ2) is 14.8. The maximum absolute atomic E-state index is 13.6. The fraction of sp³-hybridized carbons (Fsp3) is 0.407. The van der Waals surface area contributed by atoms with Gasteiger partial charge in [-0.15, -0.1) is 0 Å². The quantitative estimate of drug-likeness (QED) is 0.171. The van der Waals surface area contributed by atoms with Gasteiger partial charge in [0, 0.05) is 30.8 Å². The van der Waals surface area contributed by atoms with Gasteiger partial charge in [0.05, 0.1) is 12.7 Å². The second-order valence-corrected chi connectivity index (χ2v) is 10.3. The summed E-state index contributed by atoms with van der Waals surface area (Å²) in [5.41, 5.74) is 2.15. The molecule has 0 aliphatic heterocycles. The number of rotatable bonds is 11. The van der Waals surface area contributed by atoms with Gasteiger partial charge in [-0.25, -0.2) is 0 Å². The van der Waals surface area contributed by atoms with Crippen molar-refractivity contribution in [3.05, 3.63) is 60.4 Å². The normalized spacial score (nSPS) is 10.8. The molecule has 2 aromatic carbocycles. The van der Waals surface area contributed by atoms with E-state index in [4.69, 9.17) is 19.1 Å². The Hall–Kier alpha value is -1.66. The minimum atomic E-state index is -0.833. The Labute approximate surface area is 234 Å². The Morgan fingerprint density at radius 1 is 1.06 bits per heavy atom. The number of likely N-dealkylation sites (N-methyl/N-ethyl adjacent to an activating group) is 1. The van der Waals surface area contributed by atoms with Gasteiger partial charge in [-0.05, 0) is 82.9 Å². The molecule has 35 heavy (non-hydrogen) atoms. The number of para-hydroxylation sites is 1. The largest absolute Gasteiger partial charge is 0.490 e. The molecule has 3 aromatic rings. The minimum Gasteiger partial charge on any atom is -0.490 e. The van der Waals surface area contributed by atoms with Gasteiger partial charge in [0.2, 0.25) is 0 Å². The number of halogens is 2. The maximum Gasteiger partial charge on any atom is 0.300 e. The molecule has 0 atom stereocenters. The lowest BCUT2D eigenvalue weighted by molar-refractivity contribution is -0.134. The third-order valence-corrected chi connectivity index (χ3v) is 7.06. The number of carboxylic acid groups (broad SMARTS) is 1. The molecule has 0 saturated heterocycles. The Bertz CT molecular complexity index is 1110. The van der Waals surface area contributed by atoms with Crippen molar-refractivity contribution in [2.45, 2.75) is 47.0 Å². The first-order valence-corrected chi connectivity index (χ1v) is 14.0. The Balaban J connectivity index is 0.00000100. The van der Waals surface area contributed by atoms with E-state index in [1.807, 2.05) is 36.4 Å². The zero-order valence-corrected chi connectivity index (χ0v) is 25.0. The molecule has 0 fully saturated rings. The van der Waals surface area contributed by atoms with Crippen LogP contribution in [0.3, 0.4) is 0 Å². The molecule has 0 amide bonds. The van der Waals surface area contributed by atoms with Crippen molar-refractivity contribution in [2.24, 2.45) is 0 Å². The van der Waals surface area contributed by atoms with Crippen LogP contribution in [0.5, 0.6) is 5.75 Å². The number of aliphatic carboxylic acids is 1. The fourth-order valence-corrected chi connectivity index (χ4v) is 5.73. The van der Waals surface area contributed by atoms with E-state index in [2.05, 4.69) is 70.9 Å². The van der Waals surface area contributed by atoms with Gasteiger partial charge in [0.1, 0.15) is 23.7 Å². The average Bonchev–Trinajstić information content (AvgIpc) is 3.19. The molecule has 1 N–H and O–H groups in total. The molecule has 0 aliphatic rings. The molecule has 3 rings (SSSR count). The van der Waals surface area contributed by atoms with Crippen molar-refractivity contribution < 1.29 is 23.8 Å². The zero-order chi connectivity index (χ0) is 26.0. The van der Waals surface area contributed by atoms with Crippen LogP contribution in [0, 0.1) is 7.14 Å². The van der Waals surface area contributed by atoms with Crippen molar-refractivity contribution in [1.29, 1.82) is 0 Å². The van der Waals surface area contributed by atoms with E-state index < -0.39 is 5.97 Å². The van der Waals surface area contributed by atoms with Gasteiger partial charge >= 0.3 is 0 Å². The highest BCUT2D eigenvalue weighted by Gasteiger charge is 2.23. The highest BCUT2D eigenvalue weighted by atomic mass is 127. The second-order valence-electron chi connectivity index (χ2n) is 7.99. The Kier molecular flexibility index (Phi) is 12.5. The lowest BCUT2D eigenvalue weighted by atomic mass is 9.98. The van der Waals surface area contributed by atoms with Gasteiger partial charge in [-0.2, -0.15) is 0 Å². The van der Waals surface area contributed by atoms with Crippen LogP contribution in [-0.4, -0.2) is 48.0 Å². The lowest BCUT2D eigenvalue weighted by Crippen LogP contribution is -2.28. The van der Waals surface area contributed by atoms with Crippen LogP contribution in [0.15, 0.2) is 40.8 Å². The number of carboxylic acids is 1. The van der Waals surface area contributed by atoms with E-state index in [9.17, 15) is 4.79 Å². The number of hydrogen-bond acceptors (Lipinski definition) is 5. The van der Waals surface area contributed by atoms with E-state index in [1.54, 1.807) is 0 Å². The first-order valence-electron chi connectivity index (χ1n) is 11.8. The van der Waals surface area contributed by atoms with Crippen LogP contribution in [-0.2, 0) is 11.2 Å². The standard InChI is InChI=1S/C25H29I2NO3.C2H4O2/c1-4-7-11-22-23(18-10-8-9-12-21(18)31-22)24(29)17-15-19(26)25(20(27)16-17)30-14-13-28(5-2)6-3;1-2(3)4/h8-10,12,15-16H,4-7,11,13-14H2,1-3H3;1H3,(H,3,4). The van der Waals surface area contributed by atoms with Crippen LogP contribution < -0.4 is 4.74 Å². The van der Waals surface area contributed by atoms with Crippen molar-refractivity contribution in [1.82, 2.24) is 4.90 Å². The number of benzene rings is 2. The summed E-state index contributed by atoms with van der Waals surface area (Å²) in [6.07, 6.45) is 2.82. The van der Waals surface area contributed by atoms with Crippen molar-refractivity contribution >= 4 is 67.9 Å². The monoisotopic (exact) mass is 705 g/mol. The fourth-order valence-electron chi connectivity index (χ4n) is 3.65. The molecule has 6 nitrogen and oxygen atoms in total. The van der Waals surface area contributed by atoms with Crippen LogP contribution >= 0.6 is 45.2 Å². The molecule has 0 radical (unpaired) electrons. The third kappa shape index (κ3) is 8.45. The van der Waals surface area contributed by atoms with E-state index in [1.165, 1.54) is 0 Å². The van der Waals surface area contributed by atoms with E-state index in [-0.39, 0.29) is 5.78 Å². The summed E-state index contributed by atoms with van der Waals surface area (Å²) < 4.78 is 14.1. The molecular weight excluding hydrogens is 672 g/mol. The number of furan rings is 1. The summed E-state index contributed by atoms with van der Waals surface area (Å²) in [7, 11) is 0. The molecule has 0 unspecified atom stereocenters. The Morgan fingerprint density at radius 2 is 1.66 bits per heavy atom. The summed E-state index contributed by atoms with van der Waals surface area (Å²) in [5, 5.41) is 8.31. The number of unbranched alkanes of at least 4 members (excludes halogenated alkanes) is 1. The number of nitrogens with zero attached hydrogens (tertiary/aromatic N) is 1. The maximum atomic E-state index is 13.6. The van der Waals surface area contributed by atoms with Gasteiger partial charge in [0.15, 0.2) is 5.78 Å². The van der Waals surface area contributed by atoms with Crippen LogP contribution in [0.4, 0.5) is 0 Å². The van der Waals surface area contributed by atoms with Gasteiger partial charge in [-0.1, -0.05) is 45.4 Å². The summed E-state index contributed by atoms with van der Waals surface area (Å²) in [4.78, 5) is 24.9. The number of carbonyl (C=O) groups excluding carboxylic acids is 1. The summed E-state index contributed by atoms with van der Waals surface area (Å²) >= 11 is 4.54. The molecule has 1 aromatic heterocycles. The number of carbonyl (C=O) groups is 2. The van der Waals surface area contributed by atoms with Crippen LogP contribution in [0.2, 0.25) is 0 Å². The van der Waals surface area contributed by atoms with Crippen molar-refractivity contribution in [3.63, 3.8) is 0 Å². The highest BCUT2D eigenvalue weighted by Crippen LogP contribution is 2.33. The molecular formula is C27H33I2NO5. The summed E-state index contributed by atoms with van der Waals surface area (Å²) in [5.74, 6) is 0.826. The Morgan fingerprint density at radius 3 is 2.23 bits per heavy atom. The number of hydrogen-bond donors (Lipinski definition) is 1. The van der Waals surface area contributed by atoms with E-state index in [0.717, 1.165) is 75.4 Å². The number of ketones is 1. The number of aryl methyl sites for hydroxylation is 1. The SMILES string of the molecule is CC(=O)O.CCCCc1oc2ccccc2c1C(=O)c1cc(I)c(OCCN(CC)CC)c(I)c1. The zero-order valence-electron chi connectivity index (χ0n) is 20.7. The predicted molar refractivity (Wildman–Crippen MR) is 157 cm³/mol. The molecule has 0 aliphatic carbocycles. The predicted octanol–water partition coefficient (Wildman–Crippen LogP) is 7.03. The van der Waals surface area contributed by atoms with Gasteiger partial charge < -0.3 is 19.2 Å². The van der Waals surface area contributed by atoms with E-state index >= 15 is 0 Å². The summed E-state index contributed by atoms with van der Waals surface area (Å²) in [6, 6.07) is 11.7. The molecule has 0 bridgehead atoms. The highest BCUT2D eigenvalue weighted by molar-refractivity contribution is 14.1.